The molecular formula is C21H21N3O4. The van der Waals surface area contributed by atoms with E-state index in [9.17, 15) is 9.59 Å². The van der Waals surface area contributed by atoms with Crippen molar-refractivity contribution >= 4 is 18.0 Å². The Morgan fingerprint density at radius 3 is 2.75 bits per heavy atom. The topological polar surface area (TPSA) is 86.4 Å². The Morgan fingerprint density at radius 1 is 1.25 bits per heavy atom. The second-order valence-corrected chi connectivity index (χ2v) is 6.13. The largest absolute Gasteiger partial charge is 0.465 e. The summed E-state index contributed by atoms with van der Waals surface area (Å²) in [4.78, 5) is 23.7. The van der Waals surface area contributed by atoms with Crippen LogP contribution >= 0.6 is 0 Å². The summed E-state index contributed by atoms with van der Waals surface area (Å²) < 4.78 is 12.0. The van der Waals surface area contributed by atoms with Crippen molar-refractivity contribution in [2.45, 2.75) is 20.0 Å². The number of amides is 1. The molecule has 0 unspecified atom stereocenters. The Labute approximate surface area is 162 Å². The number of ether oxygens (including phenoxy) is 1. The summed E-state index contributed by atoms with van der Waals surface area (Å²) in [6.45, 7) is 2.70. The van der Waals surface area contributed by atoms with E-state index in [2.05, 4.69) is 15.2 Å². The van der Waals surface area contributed by atoms with Crippen LogP contribution in [0.15, 0.2) is 59.3 Å². The van der Waals surface area contributed by atoms with E-state index in [0.717, 1.165) is 11.1 Å². The van der Waals surface area contributed by atoms with Crippen LogP contribution in [0, 0.1) is 6.92 Å². The predicted molar refractivity (Wildman–Crippen MR) is 103 cm³/mol. The van der Waals surface area contributed by atoms with Gasteiger partial charge in [-0.05, 0) is 36.3 Å². The van der Waals surface area contributed by atoms with Crippen LogP contribution in [-0.2, 0) is 22.6 Å². The molecule has 144 valence electrons. The molecule has 0 spiro atoms. The monoisotopic (exact) mass is 379 g/mol. The first kappa shape index (κ1) is 19.2. The molecule has 3 rings (SSSR count). The molecule has 3 aromatic rings. The molecule has 0 aliphatic carbocycles. The van der Waals surface area contributed by atoms with Gasteiger partial charge in [-0.25, -0.2) is 4.79 Å². The fourth-order valence-corrected chi connectivity index (χ4v) is 2.75. The Morgan fingerprint density at radius 2 is 2.04 bits per heavy atom. The van der Waals surface area contributed by atoms with Crippen molar-refractivity contribution in [3.8, 4) is 0 Å². The predicted octanol–water partition coefficient (Wildman–Crippen LogP) is 2.95. The van der Waals surface area contributed by atoms with E-state index in [1.807, 2.05) is 41.2 Å². The number of carbonyl (C=O) groups is 2. The molecule has 7 heteroatoms. The van der Waals surface area contributed by atoms with Crippen molar-refractivity contribution in [2.24, 2.45) is 0 Å². The normalized spacial score (nSPS) is 10.9. The number of methoxy groups -OCH3 is 1. The number of esters is 1. The minimum absolute atomic E-state index is 0.262. The quantitative estimate of drug-likeness (QED) is 0.504. The third-order valence-corrected chi connectivity index (χ3v) is 4.20. The molecule has 1 N–H and O–H groups in total. The Hall–Kier alpha value is -3.61. The number of benzene rings is 1. The maximum atomic E-state index is 12.2. The van der Waals surface area contributed by atoms with Gasteiger partial charge in [0.25, 0.3) is 0 Å². The molecule has 1 aromatic carbocycles. The first-order valence-electron chi connectivity index (χ1n) is 8.75. The van der Waals surface area contributed by atoms with Crippen LogP contribution < -0.4 is 5.32 Å². The number of aryl methyl sites for hydroxylation is 1. The van der Waals surface area contributed by atoms with E-state index >= 15 is 0 Å². The van der Waals surface area contributed by atoms with Crippen LogP contribution in [0.2, 0.25) is 0 Å². The van der Waals surface area contributed by atoms with Crippen LogP contribution in [0.25, 0.3) is 6.08 Å². The maximum absolute atomic E-state index is 12.2. The highest BCUT2D eigenvalue weighted by Crippen LogP contribution is 2.17. The first-order chi connectivity index (χ1) is 13.6. The van der Waals surface area contributed by atoms with E-state index in [0.29, 0.717) is 30.2 Å². The van der Waals surface area contributed by atoms with Crippen LogP contribution in [-0.4, -0.2) is 28.8 Å². The number of hydrogen-bond acceptors (Lipinski definition) is 5. The average molecular weight is 379 g/mol. The van der Waals surface area contributed by atoms with Crippen LogP contribution in [0.5, 0.6) is 0 Å². The number of hydrogen-bond donors (Lipinski definition) is 1. The SMILES string of the molecule is COC(=O)c1cc(/C=C/C(=O)NCc2ccccc2Cn2cccn2)oc1C. The molecule has 28 heavy (non-hydrogen) atoms. The van der Waals surface area contributed by atoms with Crippen LogP contribution in [0.3, 0.4) is 0 Å². The van der Waals surface area contributed by atoms with Gasteiger partial charge in [-0.15, -0.1) is 0 Å². The lowest BCUT2D eigenvalue weighted by Crippen LogP contribution is -2.21. The standard InChI is InChI=1S/C21H21N3O4/c1-15-19(21(26)27-2)12-18(28-15)8-9-20(25)22-13-16-6-3-4-7-17(16)14-24-11-5-10-23-24/h3-12H,13-14H2,1-2H3,(H,22,25)/b9-8+. The molecule has 0 radical (unpaired) electrons. The van der Waals surface area contributed by atoms with Crippen molar-refractivity contribution in [3.05, 3.63) is 83.1 Å². The summed E-state index contributed by atoms with van der Waals surface area (Å²) in [5.74, 6) is 0.119. The number of nitrogens with one attached hydrogen (secondary N) is 1. The summed E-state index contributed by atoms with van der Waals surface area (Å²) in [7, 11) is 1.31. The van der Waals surface area contributed by atoms with Crippen molar-refractivity contribution in [2.75, 3.05) is 7.11 Å². The summed E-state index contributed by atoms with van der Waals surface area (Å²) >= 11 is 0. The lowest BCUT2D eigenvalue weighted by Gasteiger charge is -2.10. The third-order valence-electron chi connectivity index (χ3n) is 4.20. The fraction of sp³-hybridized carbons (Fsp3) is 0.190. The number of aromatic nitrogens is 2. The second-order valence-electron chi connectivity index (χ2n) is 6.13. The molecule has 1 amide bonds. The number of nitrogens with zero attached hydrogens (tertiary/aromatic N) is 2. The molecular weight excluding hydrogens is 358 g/mol. The second kappa shape index (κ2) is 8.85. The van der Waals surface area contributed by atoms with E-state index in [-0.39, 0.29) is 5.91 Å². The van der Waals surface area contributed by atoms with Crippen molar-refractivity contribution in [3.63, 3.8) is 0 Å². The lowest BCUT2D eigenvalue weighted by atomic mass is 10.1. The van der Waals surface area contributed by atoms with Gasteiger partial charge >= 0.3 is 5.97 Å². The van der Waals surface area contributed by atoms with Crippen molar-refractivity contribution < 1.29 is 18.7 Å². The Kier molecular flexibility index (Phi) is 6.06. The van der Waals surface area contributed by atoms with Gasteiger partial charge in [0, 0.05) is 25.0 Å². The molecule has 0 saturated heterocycles. The van der Waals surface area contributed by atoms with E-state index in [4.69, 9.17) is 4.42 Å². The molecule has 0 atom stereocenters. The zero-order valence-electron chi connectivity index (χ0n) is 15.7. The number of rotatable bonds is 7. The zero-order chi connectivity index (χ0) is 19.9. The molecule has 2 heterocycles. The minimum atomic E-state index is -0.473. The van der Waals surface area contributed by atoms with Crippen molar-refractivity contribution in [1.29, 1.82) is 0 Å². The van der Waals surface area contributed by atoms with E-state index < -0.39 is 5.97 Å². The average Bonchev–Trinajstić information content (AvgIpc) is 3.34. The smallest absolute Gasteiger partial charge is 0.341 e. The van der Waals surface area contributed by atoms with Gasteiger partial charge in [0.2, 0.25) is 5.91 Å². The van der Waals surface area contributed by atoms with E-state index in [1.165, 1.54) is 19.3 Å². The molecule has 0 bridgehead atoms. The highest BCUT2D eigenvalue weighted by Gasteiger charge is 2.14. The van der Waals surface area contributed by atoms with E-state index in [1.54, 1.807) is 19.2 Å². The first-order valence-corrected chi connectivity index (χ1v) is 8.75. The van der Waals surface area contributed by atoms with Gasteiger partial charge < -0.3 is 14.5 Å². The van der Waals surface area contributed by atoms with Gasteiger partial charge in [0.05, 0.1) is 13.7 Å². The lowest BCUT2D eigenvalue weighted by molar-refractivity contribution is -0.116. The van der Waals surface area contributed by atoms with Crippen LogP contribution in [0.1, 0.15) is 33.0 Å². The highest BCUT2D eigenvalue weighted by molar-refractivity contribution is 5.93. The van der Waals surface area contributed by atoms with Gasteiger partial charge in [0.15, 0.2) is 0 Å². The van der Waals surface area contributed by atoms with Crippen molar-refractivity contribution in [1.82, 2.24) is 15.1 Å². The molecule has 0 saturated carbocycles. The highest BCUT2D eigenvalue weighted by atomic mass is 16.5. The zero-order valence-corrected chi connectivity index (χ0v) is 15.7. The fourth-order valence-electron chi connectivity index (χ4n) is 2.75. The molecule has 2 aromatic heterocycles. The summed E-state index contributed by atoms with van der Waals surface area (Å²) in [5.41, 5.74) is 2.44. The summed E-state index contributed by atoms with van der Waals surface area (Å²) in [5, 5.41) is 7.07. The summed E-state index contributed by atoms with van der Waals surface area (Å²) in [6.07, 6.45) is 6.52. The maximum Gasteiger partial charge on any atom is 0.341 e. The minimum Gasteiger partial charge on any atom is -0.465 e. The summed E-state index contributed by atoms with van der Waals surface area (Å²) in [6, 6.07) is 11.3. The molecule has 0 aliphatic heterocycles. The Balaban J connectivity index is 1.60. The van der Waals surface area contributed by atoms with Gasteiger partial charge in [-0.1, -0.05) is 24.3 Å². The number of furan rings is 1. The van der Waals surface area contributed by atoms with Crippen LogP contribution in [0.4, 0.5) is 0 Å². The van der Waals surface area contributed by atoms with Gasteiger partial charge in [-0.3, -0.25) is 9.48 Å². The third kappa shape index (κ3) is 4.76. The number of carbonyl (C=O) groups excluding carboxylic acids is 2. The molecule has 0 fully saturated rings. The molecule has 7 nitrogen and oxygen atoms in total. The Bertz CT molecular complexity index is 987. The molecule has 0 aliphatic rings. The van der Waals surface area contributed by atoms with Gasteiger partial charge in [0.1, 0.15) is 17.1 Å². The van der Waals surface area contributed by atoms with Gasteiger partial charge in [-0.2, -0.15) is 5.10 Å².